The van der Waals surface area contributed by atoms with Gasteiger partial charge in [0.1, 0.15) is 5.75 Å². The summed E-state index contributed by atoms with van der Waals surface area (Å²) in [6.45, 7) is 3.88. The van der Waals surface area contributed by atoms with Gasteiger partial charge in [-0.25, -0.2) is 13.1 Å². The summed E-state index contributed by atoms with van der Waals surface area (Å²) in [7, 11) is -3.94. The van der Waals surface area contributed by atoms with E-state index in [-0.39, 0.29) is 23.2 Å². The van der Waals surface area contributed by atoms with Crippen LogP contribution < -0.4 is 14.4 Å². The van der Waals surface area contributed by atoms with Gasteiger partial charge in [-0.05, 0) is 110 Å². The number of sulfonamides is 1. The number of aryl methyl sites for hydroxylation is 1. The number of allylic oxidation sites excluding steroid dienone is 1. The molecule has 5 aliphatic rings. The lowest BCUT2D eigenvalue weighted by Gasteiger charge is -2.45. The number of aliphatic hydroxyl groups excluding tert-OH is 1. The minimum atomic E-state index is -3.94. The largest absolute Gasteiger partial charge is 0.490 e. The van der Waals surface area contributed by atoms with E-state index in [0.717, 1.165) is 68.6 Å². The first kappa shape index (κ1) is 31.1. The fraction of sp³-hybridized carbons (Fsp3) is 0.583. The van der Waals surface area contributed by atoms with Gasteiger partial charge < -0.3 is 14.7 Å². The van der Waals surface area contributed by atoms with Gasteiger partial charge in [-0.15, -0.1) is 0 Å². The minimum absolute atomic E-state index is 0.131. The van der Waals surface area contributed by atoms with Gasteiger partial charge in [-0.2, -0.15) is 0 Å². The lowest BCUT2D eigenvalue weighted by Crippen LogP contribution is -2.49. The number of halogens is 1. The number of carbonyl (C=O) groups is 1. The number of fused-ring (bicyclic) bond motifs is 4. The molecule has 2 bridgehead atoms. The highest BCUT2D eigenvalue weighted by Crippen LogP contribution is 2.47. The molecule has 2 aromatic rings. The van der Waals surface area contributed by atoms with Crippen LogP contribution in [0.4, 0.5) is 5.69 Å². The Morgan fingerprint density at radius 3 is 2.71 bits per heavy atom. The van der Waals surface area contributed by atoms with Gasteiger partial charge in [0.2, 0.25) is 10.0 Å². The molecule has 1 amide bonds. The molecule has 0 saturated heterocycles. The van der Waals surface area contributed by atoms with E-state index in [1.54, 1.807) is 6.07 Å². The second kappa shape index (κ2) is 12.2. The first-order chi connectivity index (χ1) is 21.6. The molecule has 0 aromatic heterocycles. The Labute approximate surface area is 272 Å². The highest BCUT2D eigenvalue weighted by Gasteiger charge is 2.44. The number of hydrogen-bond donors (Lipinski definition) is 2. The molecule has 1 spiro atoms. The molecule has 0 unspecified atom stereocenters. The summed E-state index contributed by atoms with van der Waals surface area (Å²) in [6, 6.07) is 11.5. The molecule has 2 fully saturated rings. The van der Waals surface area contributed by atoms with Crippen molar-refractivity contribution < 1.29 is 23.1 Å². The average molecular weight is 653 g/mol. The van der Waals surface area contributed by atoms with E-state index in [4.69, 9.17) is 16.3 Å². The lowest BCUT2D eigenvalue weighted by atomic mass is 9.68. The van der Waals surface area contributed by atoms with Crippen molar-refractivity contribution in [3.05, 3.63) is 70.3 Å². The Hall–Kier alpha value is -2.55. The zero-order valence-corrected chi connectivity index (χ0v) is 27.7. The SMILES string of the molecule is C[C@@H]1C/C=C/[C@H](O)[C@@H]2CC[C@H]2CN2C[C@@]3(CCCc4cc(Cl)ccc43)COc3ccc(cc32)C(=O)NS(=O)(=O)[C@@H]1CC1CCC1. The second-order valence-corrected chi connectivity index (χ2v) is 16.8. The third-order valence-electron chi connectivity index (χ3n) is 11.6. The van der Waals surface area contributed by atoms with Crippen LogP contribution in [-0.2, 0) is 21.9 Å². The molecule has 7 nitrogen and oxygen atoms in total. The van der Waals surface area contributed by atoms with E-state index in [1.807, 2.05) is 37.3 Å². The van der Waals surface area contributed by atoms with Crippen LogP contribution in [-0.4, -0.2) is 50.5 Å². The Morgan fingerprint density at radius 2 is 1.96 bits per heavy atom. The molecule has 2 aliphatic heterocycles. The van der Waals surface area contributed by atoms with Crippen molar-refractivity contribution in [1.29, 1.82) is 0 Å². The first-order valence-electron chi connectivity index (χ1n) is 16.8. The van der Waals surface area contributed by atoms with E-state index in [0.29, 0.717) is 43.2 Å². The van der Waals surface area contributed by atoms with Crippen molar-refractivity contribution in [2.75, 3.05) is 24.6 Å². The van der Waals surface area contributed by atoms with Gasteiger partial charge in [-0.3, -0.25) is 4.79 Å². The summed E-state index contributed by atoms with van der Waals surface area (Å²) in [4.78, 5) is 16.0. The molecule has 242 valence electrons. The standard InChI is InChI=1S/C36H45ClN2O5S/c1-23-5-2-9-32(40)29-13-10-27(29)20-39-21-36(16-4-8-25-18-28(37)12-14-30(25)36)22-44-33-15-11-26(19-31(33)39)35(41)38-45(42,43)34(23)17-24-6-3-7-24/h2,9,11-12,14-15,18-19,23-24,27,29,32,34,40H,3-8,10,13,16-17,20-22H2,1H3,(H,38,41)/b9-2+/t23-,27+,29-,32+,34-,36+/m1/s1. The van der Waals surface area contributed by atoms with Crippen molar-refractivity contribution in [2.24, 2.45) is 23.7 Å². The van der Waals surface area contributed by atoms with Crippen molar-refractivity contribution in [2.45, 2.75) is 87.9 Å². The third kappa shape index (κ3) is 6.03. The number of benzene rings is 2. The number of nitrogens with one attached hydrogen (secondary N) is 1. The summed E-state index contributed by atoms with van der Waals surface area (Å²) in [5.74, 6) is 0.694. The number of rotatable bonds is 2. The fourth-order valence-electron chi connectivity index (χ4n) is 8.52. The van der Waals surface area contributed by atoms with Crippen LogP contribution in [0.25, 0.3) is 0 Å². The highest BCUT2D eigenvalue weighted by molar-refractivity contribution is 7.90. The van der Waals surface area contributed by atoms with Crippen LogP contribution in [0.15, 0.2) is 48.6 Å². The third-order valence-corrected chi connectivity index (χ3v) is 13.7. The molecule has 2 heterocycles. The predicted molar refractivity (Wildman–Crippen MR) is 177 cm³/mol. The van der Waals surface area contributed by atoms with E-state index in [9.17, 15) is 18.3 Å². The quantitative estimate of drug-likeness (QED) is 0.364. The van der Waals surface area contributed by atoms with Crippen LogP contribution in [0.1, 0.15) is 86.2 Å². The minimum Gasteiger partial charge on any atom is -0.490 e. The Morgan fingerprint density at radius 1 is 1.11 bits per heavy atom. The van der Waals surface area contributed by atoms with E-state index >= 15 is 0 Å². The highest BCUT2D eigenvalue weighted by atomic mass is 35.5. The zero-order chi connectivity index (χ0) is 31.3. The van der Waals surface area contributed by atoms with Crippen molar-refractivity contribution in [3.8, 4) is 5.75 Å². The molecule has 6 atom stereocenters. The molecule has 2 saturated carbocycles. The molecule has 7 rings (SSSR count). The summed E-state index contributed by atoms with van der Waals surface area (Å²) in [6.07, 6.45) is 12.5. The zero-order valence-electron chi connectivity index (χ0n) is 26.1. The molecule has 2 N–H and O–H groups in total. The predicted octanol–water partition coefficient (Wildman–Crippen LogP) is 6.41. The molecule has 9 heteroatoms. The Kier molecular flexibility index (Phi) is 8.45. The van der Waals surface area contributed by atoms with Crippen molar-refractivity contribution >= 4 is 33.2 Å². The summed E-state index contributed by atoms with van der Waals surface area (Å²) in [5.41, 5.74) is 3.38. The van der Waals surface area contributed by atoms with E-state index in [2.05, 4.69) is 21.8 Å². The number of nitrogens with zero attached hydrogens (tertiary/aromatic N) is 1. The van der Waals surface area contributed by atoms with E-state index < -0.39 is 27.3 Å². The number of amides is 1. The van der Waals surface area contributed by atoms with Gasteiger partial charge in [0.25, 0.3) is 5.91 Å². The maximum atomic E-state index is 13.8. The number of aliphatic hydroxyl groups is 1. The monoisotopic (exact) mass is 652 g/mol. The van der Waals surface area contributed by atoms with Gasteiger partial charge >= 0.3 is 0 Å². The molecular formula is C36H45ClN2O5S. The van der Waals surface area contributed by atoms with Crippen LogP contribution in [0, 0.1) is 23.7 Å². The molecular weight excluding hydrogens is 608 g/mol. The van der Waals surface area contributed by atoms with Crippen LogP contribution in [0.5, 0.6) is 5.75 Å². The number of anilines is 1. The molecule has 2 aromatic carbocycles. The normalized spacial score (nSPS) is 33.8. The van der Waals surface area contributed by atoms with E-state index in [1.165, 1.54) is 11.1 Å². The van der Waals surface area contributed by atoms with Gasteiger partial charge in [-0.1, -0.05) is 56.0 Å². The van der Waals surface area contributed by atoms with Gasteiger partial charge in [0.15, 0.2) is 0 Å². The topological polar surface area (TPSA) is 95.9 Å². The Balaban J connectivity index is 1.27. The summed E-state index contributed by atoms with van der Waals surface area (Å²) in [5, 5.41) is 11.4. The first-order valence-corrected chi connectivity index (χ1v) is 18.8. The molecule has 3 aliphatic carbocycles. The van der Waals surface area contributed by atoms with Crippen LogP contribution >= 0.6 is 11.6 Å². The number of carbonyl (C=O) groups excluding carboxylic acids is 1. The molecule has 45 heavy (non-hydrogen) atoms. The average Bonchev–Trinajstić information content (AvgIpc) is 3.10. The van der Waals surface area contributed by atoms with Gasteiger partial charge in [0, 0.05) is 29.1 Å². The smallest absolute Gasteiger partial charge is 0.264 e. The maximum Gasteiger partial charge on any atom is 0.264 e. The second-order valence-electron chi connectivity index (χ2n) is 14.5. The van der Waals surface area contributed by atoms with Crippen molar-refractivity contribution in [3.63, 3.8) is 0 Å². The summed E-state index contributed by atoms with van der Waals surface area (Å²) >= 11 is 6.41. The Bertz CT molecular complexity index is 1590. The van der Waals surface area contributed by atoms with Crippen LogP contribution in [0.2, 0.25) is 5.02 Å². The van der Waals surface area contributed by atoms with Crippen LogP contribution in [0.3, 0.4) is 0 Å². The fourth-order valence-corrected chi connectivity index (χ4v) is 10.5. The number of hydrogen-bond acceptors (Lipinski definition) is 6. The number of ether oxygens (including phenoxy) is 1. The van der Waals surface area contributed by atoms with Gasteiger partial charge in [0.05, 0.1) is 23.6 Å². The summed E-state index contributed by atoms with van der Waals surface area (Å²) < 4.78 is 36.6. The maximum absolute atomic E-state index is 13.8. The van der Waals surface area contributed by atoms with Crippen molar-refractivity contribution in [1.82, 2.24) is 4.72 Å². The lowest BCUT2D eigenvalue weighted by molar-refractivity contribution is 0.0455. The molecule has 0 radical (unpaired) electrons.